The van der Waals surface area contributed by atoms with Crippen LogP contribution in [0.5, 0.6) is 0 Å². The van der Waals surface area contributed by atoms with Gasteiger partial charge in [-0.1, -0.05) is 208 Å². The number of para-hydroxylation sites is 4. The summed E-state index contributed by atoms with van der Waals surface area (Å²) >= 11 is 0. The molecule has 2 aliphatic rings. The summed E-state index contributed by atoms with van der Waals surface area (Å²) in [5.74, 6) is 0.878. The van der Waals surface area contributed by atoms with Gasteiger partial charge < -0.3 is 18.6 Å². The minimum Gasteiger partial charge on any atom is -0.453 e. The molecule has 0 spiro atoms. The minimum atomic E-state index is 0.439. The highest BCUT2D eigenvalue weighted by Gasteiger charge is 2.32. The number of aryl methyl sites for hydroxylation is 4. The number of fused-ring (bicyclic) bond motifs is 6. The van der Waals surface area contributed by atoms with Crippen molar-refractivity contribution in [3.05, 3.63) is 240 Å². The average Bonchev–Trinajstić information content (AvgIpc) is 1.23. The number of hydrogen-bond acceptors (Lipinski definition) is 4. The second-order valence-electron chi connectivity index (χ2n) is 24.2. The first-order chi connectivity index (χ1) is 41.4. The standard InChI is InChI=1S/C80H68N2O2/c1-5-51-19-11-13-25-57(51)61-27-15-29-63-65-31-17-33-71(79(65)83-77(61)63)81(55-39-35-49(3)36-40-55)73-47-69(53-21-7-8-22-53)59-44-46-68-74(48-70(54-23-9-10-24-54)60-43-45-67(73)75(59)76(60)68)82(56-41-37-50(4)38-42-56)72-34-18-32-66-64-30-16-28-62(78(64)84-80(66)72)58-26-14-12-20-52(58)6-2/h11-20,25-48,53-54H,5-10,21-24H2,1-4H3. The Morgan fingerprint density at radius 1 is 0.333 bits per heavy atom. The first-order valence-corrected chi connectivity index (χ1v) is 31.0. The molecule has 4 heteroatoms. The number of hydrogen-bond donors (Lipinski definition) is 0. The molecule has 0 saturated heterocycles. The van der Waals surface area contributed by atoms with Crippen molar-refractivity contribution >= 4 is 110 Å². The van der Waals surface area contributed by atoms with Gasteiger partial charge in [0, 0.05) is 54.8 Å². The molecule has 2 aromatic heterocycles. The van der Waals surface area contributed by atoms with Gasteiger partial charge in [-0.15, -0.1) is 0 Å². The first-order valence-electron chi connectivity index (χ1n) is 31.0. The topological polar surface area (TPSA) is 32.8 Å². The molecule has 0 unspecified atom stereocenters. The zero-order valence-electron chi connectivity index (χ0n) is 48.6. The van der Waals surface area contributed by atoms with E-state index in [-0.39, 0.29) is 0 Å². The van der Waals surface area contributed by atoms with Crippen LogP contribution in [-0.2, 0) is 12.8 Å². The third-order valence-corrected chi connectivity index (χ3v) is 19.4. The lowest BCUT2D eigenvalue weighted by atomic mass is 9.82. The molecule has 4 nitrogen and oxygen atoms in total. The van der Waals surface area contributed by atoms with Crippen molar-refractivity contribution in [2.75, 3.05) is 9.80 Å². The van der Waals surface area contributed by atoms with Crippen LogP contribution in [0.2, 0.25) is 0 Å². The largest absolute Gasteiger partial charge is 0.453 e. The Hall–Kier alpha value is -9.12. The van der Waals surface area contributed by atoms with Crippen molar-refractivity contribution in [2.45, 2.75) is 104 Å². The lowest BCUT2D eigenvalue weighted by molar-refractivity contribution is 0.669. The summed E-state index contributed by atoms with van der Waals surface area (Å²) in [5.41, 5.74) is 23.0. The molecule has 0 amide bonds. The van der Waals surface area contributed by atoms with E-state index >= 15 is 0 Å². The summed E-state index contributed by atoms with van der Waals surface area (Å²) in [5, 5.41) is 12.4. The number of furan rings is 2. The summed E-state index contributed by atoms with van der Waals surface area (Å²) in [4.78, 5) is 5.09. The normalized spacial score (nSPS) is 14.3. The predicted molar refractivity (Wildman–Crippen MR) is 356 cm³/mol. The van der Waals surface area contributed by atoms with E-state index in [2.05, 4.69) is 244 Å². The van der Waals surface area contributed by atoms with E-state index < -0.39 is 0 Å². The van der Waals surface area contributed by atoms with Gasteiger partial charge in [-0.05, 0) is 168 Å². The number of rotatable bonds is 12. The molecule has 12 aromatic carbocycles. The molecular formula is C80H68N2O2. The van der Waals surface area contributed by atoms with E-state index in [9.17, 15) is 0 Å². The van der Waals surface area contributed by atoms with Gasteiger partial charge in [-0.3, -0.25) is 0 Å². The average molecular weight is 1090 g/mol. The fourth-order valence-corrected chi connectivity index (χ4v) is 15.3. The SMILES string of the molecule is CCc1ccccc1-c1cccc2c1oc1c(N(c3ccc(C)cc3)c3cc(C4CCCC4)c4ccc5c(N(c6ccc(C)cc6)c6cccc7c6oc6c(-c8ccccc8CC)cccc67)cc(C6CCCC6)c6ccc3c4c65)cccc12. The number of anilines is 6. The maximum absolute atomic E-state index is 7.41. The van der Waals surface area contributed by atoms with Gasteiger partial charge in [0.1, 0.15) is 11.2 Å². The summed E-state index contributed by atoms with van der Waals surface area (Å²) < 4.78 is 14.8. The van der Waals surface area contributed by atoms with Crippen molar-refractivity contribution in [1.29, 1.82) is 0 Å². The van der Waals surface area contributed by atoms with E-state index in [0.29, 0.717) is 11.8 Å². The third kappa shape index (κ3) is 8.01. The molecule has 0 bridgehead atoms. The molecular weight excluding hydrogens is 1020 g/mol. The third-order valence-electron chi connectivity index (χ3n) is 19.4. The van der Waals surface area contributed by atoms with Crippen LogP contribution in [0.3, 0.4) is 0 Å². The maximum Gasteiger partial charge on any atom is 0.159 e. The van der Waals surface area contributed by atoms with Gasteiger partial charge in [-0.2, -0.15) is 0 Å². The Morgan fingerprint density at radius 2 is 0.690 bits per heavy atom. The molecule has 0 radical (unpaired) electrons. The van der Waals surface area contributed by atoms with Gasteiger partial charge in [0.15, 0.2) is 11.2 Å². The molecule has 0 N–H and O–H groups in total. The van der Waals surface area contributed by atoms with Crippen LogP contribution in [0.25, 0.3) is 98.4 Å². The highest BCUT2D eigenvalue weighted by atomic mass is 16.3. The quantitative estimate of drug-likeness (QED) is 0.114. The highest BCUT2D eigenvalue weighted by molar-refractivity contribution is 6.30. The Kier molecular flexibility index (Phi) is 12.3. The van der Waals surface area contributed by atoms with Gasteiger partial charge in [0.05, 0.1) is 22.7 Å². The first kappa shape index (κ1) is 50.6. The van der Waals surface area contributed by atoms with E-state index in [1.54, 1.807) is 0 Å². The van der Waals surface area contributed by atoms with Crippen LogP contribution < -0.4 is 9.80 Å². The molecule has 0 atom stereocenters. The molecule has 2 saturated carbocycles. The van der Waals surface area contributed by atoms with E-state index in [4.69, 9.17) is 8.83 Å². The summed E-state index contributed by atoms with van der Waals surface area (Å²) in [7, 11) is 0. The zero-order valence-corrected chi connectivity index (χ0v) is 48.6. The fourth-order valence-electron chi connectivity index (χ4n) is 15.3. The maximum atomic E-state index is 7.41. The van der Waals surface area contributed by atoms with Crippen molar-refractivity contribution in [2.24, 2.45) is 0 Å². The van der Waals surface area contributed by atoms with Gasteiger partial charge in [-0.25, -0.2) is 0 Å². The second kappa shape index (κ2) is 20.3. The van der Waals surface area contributed by atoms with Crippen molar-refractivity contribution in [3.8, 4) is 22.3 Å². The molecule has 2 aliphatic carbocycles. The fraction of sp³-hybridized carbons (Fsp3) is 0.200. The van der Waals surface area contributed by atoms with Crippen molar-refractivity contribution in [3.63, 3.8) is 0 Å². The summed E-state index contributed by atoms with van der Waals surface area (Å²) in [6, 6.07) is 78.0. The molecule has 84 heavy (non-hydrogen) atoms. The minimum absolute atomic E-state index is 0.439. The molecule has 410 valence electrons. The lowest BCUT2D eigenvalue weighted by Crippen LogP contribution is -2.13. The van der Waals surface area contributed by atoms with Gasteiger partial charge in [0.25, 0.3) is 0 Å². The van der Waals surface area contributed by atoms with Crippen LogP contribution in [-0.4, -0.2) is 0 Å². The van der Waals surface area contributed by atoms with Gasteiger partial charge >= 0.3 is 0 Å². The monoisotopic (exact) mass is 1090 g/mol. The number of benzene rings is 12. The molecule has 2 heterocycles. The lowest BCUT2D eigenvalue weighted by Gasteiger charge is -2.32. The Labute approximate surface area is 491 Å². The summed E-state index contributed by atoms with van der Waals surface area (Å²) in [6.07, 6.45) is 11.6. The Bertz CT molecular complexity index is 4540. The van der Waals surface area contributed by atoms with Crippen LogP contribution in [0, 0.1) is 13.8 Å². The van der Waals surface area contributed by atoms with Gasteiger partial charge in [0.2, 0.25) is 0 Å². The van der Waals surface area contributed by atoms with E-state index in [0.717, 1.165) is 90.6 Å². The molecule has 16 rings (SSSR count). The Morgan fingerprint density at radius 3 is 1.10 bits per heavy atom. The summed E-state index contributed by atoms with van der Waals surface area (Å²) in [6.45, 7) is 8.87. The van der Waals surface area contributed by atoms with E-state index in [1.165, 1.54) is 140 Å². The highest BCUT2D eigenvalue weighted by Crippen LogP contribution is 2.55. The zero-order chi connectivity index (χ0) is 56.2. The van der Waals surface area contributed by atoms with Crippen LogP contribution >= 0.6 is 0 Å². The molecule has 2 fully saturated rings. The van der Waals surface area contributed by atoms with Crippen LogP contribution in [0.15, 0.2) is 215 Å². The number of nitrogens with zero attached hydrogens (tertiary/aromatic N) is 2. The van der Waals surface area contributed by atoms with Crippen molar-refractivity contribution < 1.29 is 8.83 Å². The van der Waals surface area contributed by atoms with Crippen molar-refractivity contribution in [1.82, 2.24) is 0 Å². The smallest absolute Gasteiger partial charge is 0.159 e. The van der Waals surface area contributed by atoms with Crippen LogP contribution in [0.4, 0.5) is 34.1 Å². The second-order valence-corrected chi connectivity index (χ2v) is 24.2. The Balaban J connectivity index is 0.994. The van der Waals surface area contributed by atoms with E-state index in [1.807, 2.05) is 0 Å². The van der Waals surface area contributed by atoms with Crippen LogP contribution in [0.1, 0.15) is 110 Å². The molecule has 0 aliphatic heterocycles. The predicted octanol–water partition coefficient (Wildman–Crippen LogP) is 23.7. The molecule has 14 aromatic rings.